The predicted octanol–water partition coefficient (Wildman–Crippen LogP) is 2.11. The Morgan fingerprint density at radius 2 is 1.50 bits per heavy atom. The van der Waals surface area contributed by atoms with Crippen LogP contribution < -0.4 is 5.73 Å². The molecule has 0 heterocycles. The summed E-state index contributed by atoms with van der Waals surface area (Å²) in [5, 5.41) is 7.42. The Bertz CT molecular complexity index is 240. The van der Waals surface area contributed by atoms with Crippen molar-refractivity contribution >= 4 is 5.97 Å². The fourth-order valence-electron chi connectivity index (χ4n) is 0.663. The van der Waals surface area contributed by atoms with Gasteiger partial charge in [-0.05, 0) is 24.1 Å². The van der Waals surface area contributed by atoms with Crippen LogP contribution in [0.4, 0.5) is 0 Å². The van der Waals surface area contributed by atoms with Gasteiger partial charge in [0, 0.05) is 6.92 Å². The number of hydrogen-bond acceptors (Lipinski definition) is 2. The van der Waals surface area contributed by atoms with Gasteiger partial charge in [-0.15, -0.1) is 0 Å². The molecule has 0 aromatic heterocycles. The molecule has 2 aliphatic rings. The highest BCUT2D eigenvalue weighted by Crippen LogP contribution is 2.29. The Balaban J connectivity index is 0.000000192. The molecule has 0 amide bonds. The summed E-state index contributed by atoms with van der Waals surface area (Å²) in [6, 6.07) is 8.48. The second-order valence-electron chi connectivity index (χ2n) is 2.89. The Hall–Kier alpha value is -1.35. The Morgan fingerprint density at radius 3 is 1.50 bits per heavy atom. The van der Waals surface area contributed by atoms with Gasteiger partial charge in [-0.3, -0.25) is 4.79 Å². The molecule has 0 radical (unpaired) electrons. The molecule has 0 bridgehead atoms. The Kier molecular flexibility index (Phi) is 6.41. The van der Waals surface area contributed by atoms with Crippen LogP contribution >= 0.6 is 0 Å². The van der Waals surface area contributed by atoms with Gasteiger partial charge in [0.2, 0.25) is 0 Å². The molecule has 3 nitrogen and oxygen atoms in total. The fourth-order valence-corrected chi connectivity index (χ4v) is 0.663. The van der Waals surface area contributed by atoms with Crippen LogP contribution in [0.1, 0.15) is 20.3 Å². The van der Waals surface area contributed by atoms with Gasteiger partial charge in [0.05, 0.1) is 0 Å². The molecule has 78 valence electrons. The molecule has 14 heavy (non-hydrogen) atoms. The Labute approximate surface area is 84.6 Å². The number of carboxylic acid groups (broad SMARTS) is 1. The third-order valence-corrected chi connectivity index (χ3v) is 1.51. The molecule has 2 aliphatic carbocycles. The third kappa shape index (κ3) is 5.32. The standard InChI is InChI=1S/C6H4.C3H9N.C2H4O2/c1-2-6-4-3-5(1)6;1-2-3-4;1-2(3)4/h1-4H;2-4H2,1H3;1H3,(H,3,4). The number of hydrogen-bond donors (Lipinski definition) is 2. The molecule has 0 saturated heterocycles. The largest absolute Gasteiger partial charge is 0.481 e. The number of nitrogens with two attached hydrogens (primary N) is 1. The quantitative estimate of drug-likeness (QED) is 0.732. The van der Waals surface area contributed by atoms with Gasteiger partial charge in [-0.2, -0.15) is 0 Å². The van der Waals surface area contributed by atoms with Crippen molar-refractivity contribution in [3.05, 3.63) is 24.3 Å². The maximum absolute atomic E-state index is 9.00. The van der Waals surface area contributed by atoms with Gasteiger partial charge < -0.3 is 10.8 Å². The summed E-state index contributed by atoms with van der Waals surface area (Å²) in [6.07, 6.45) is 1.10. The maximum Gasteiger partial charge on any atom is 0.300 e. The fraction of sp³-hybridized carbons (Fsp3) is 0.364. The lowest BCUT2D eigenvalue weighted by Gasteiger charge is -2.10. The highest BCUT2D eigenvalue weighted by Gasteiger charge is 2.03. The van der Waals surface area contributed by atoms with Crippen LogP contribution in [0.2, 0.25) is 0 Å². The molecule has 2 rings (SSSR count). The van der Waals surface area contributed by atoms with Crippen LogP contribution in [0, 0.1) is 0 Å². The lowest BCUT2D eigenvalue weighted by Crippen LogP contribution is -1.93. The molecule has 0 aliphatic heterocycles. The van der Waals surface area contributed by atoms with E-state index in [4.69, 9.17) is 15.6 Å². The summed E-state index contributed by atoms with van der Waals surface area (Å²) in [5.41, 5.74) is 7.88. The molecule has 0 atom stereocenters. The van der Waals surface area contributed by atoms with E-state index in [1.54, 1.807) is 0 Å². The summed E-state index contributed by atoms with van der Waals surface area (Å²) in [7, 11) is 0. The van der Waals surface area contributed by atoms with Gasteiger partial charge in [0.25, 0.3) is 5.97 Å². The van der Waals surface area contributed by atoms with E-state index in [2.05, 4.69) is 31.2 Å². The smallest absolute Gasteiger partial charge is 0.300 e. The molecular formula is C11H17NO2. The molecule has 0 spiro atoms. The normalized spacial score (nSPS) is 8.79. The topological polar surface area (TPSA) is 63.3 Å². The number of rotatable bonds is 1. The summed E-state index contributed by atoms with van der Waals surface area (Å²) in [4.78, 5) is 9.00. The molecule has 3 N–H and O–H groups in total. The van der Waals surface area contributed by atoms with Gasteiger partial charge in [-0.1, -0.05) is 31.2 Å². The van der Waals surface area contributed by atoms with E-state index < -0.39 is 5.97 Å². The zero-order chi connectivity index (χ0) is 11.0. The summed E-state index contributed by atoms with van der Waals surface area (Å²) in [6.45, 7) is 3.96. The van der Waals surface area contributed by atoms with Crippen LogP contribution in [-0.4, -0.2) is 17.6 Å². The average molecular weight is 195 g/mol. The maximum atomic E-state index is 9.00. The second-order valence-corrected chi connectivity index (χ2v) is 2.89. The third-order valence-electron chi connectivity index (χ3n) is 1.51. The van der Waals surface area contributed by atoms with Crippen molar-refractivity contribution in [3.8, 4) is 11.1 Å². The van der Waals surface area contributed by atoms with Crippen LogP contribution in [0.5, 0.6) is 0 Å². The minimum atomic E-state index is -0.833. The van der Waals surface area contributed by atoms with Gasteiger partial charge in [0.1, 0.15) is 0 Å². The number of fused-ring (bicyclic) bond motifs is 1. The van der Waals surface area contributed by atoms with Crippen molar-refractivity contribution in [2.24, 2.45) is 5.73 Å². The van der Waals surface area contributed by atoms with E-state index in [0.717, 1.165) is 19.9 Å². The first kappa shape index (κ1) is 12.7. The minimum Gasteiger partial charge on any atom is -0.481 e. The number of aliphatic carboxylic acids is 1. The van der Waals surface area contributed by atoms with E-state index in [1.807, 2.05) is 0 Å². The molecule has 0 saturated carbocycles. The summed E-state index contributed by atoms with van der Waals surface area (Å²) < 4.78 is 0. The van der Waals surface area contributed by atoms with E-state index >= 15 is 0 Å². The average Bonchev–Trinajstić information content (AvgIpc) is 2.11. The number of benzene rings is 1. The number of carbonyl (C=O) groups is 1. The van der Waals surface area contributed by atoms with Crippen molar-refractivity contribution in [1.29, 1.82) is 0 Å². The molecule has 0 aromatic rings. The van der Waals surface area contributed by atoms with Crippen molar-refractivity contribution in [1.82, 2.24) is 0 Å². The predicted molar refractivity (Wildman–Crippen MR) is 58.1 cm³/mol. The highest BCUT2D eigenvalue weighted by molar-refractivity contribution is 5.75. The van der Waals surface area contributed by atoms with Gasteiger partial charge >= 0.3 is 0 Å². The first-order valence-electron chi connectivity index (χ1n) is 4.61. The van der Waals surface area contributed by atoms with Crippen molar-refractivity contribution in [2.75, 3.05) is 6.54 Å². The van der Waals surface area contributed by atoms with Crippen LogP contribution in [0.25, 0.3) is 11.1 Å². The van der Waals surface area contributed by atoms with Crippen LogP contribution in [-0.2, 0) is 4.79 Å². The van der Waals surface area contributed by atoms with E-state index in [9.17, 15) is 0 Å². The lowest BCUT2D eigenvalue weighted by molar-refractivity contribution is -0.134. The summed E-state index contributed by atoms with van der Waals surface area (Å²) in [5.74, 6) is -0.833. The van der Waals surface area contributed by atoms with Crippen molar-refractivity contribution < 1.29 is 9.90 Å². The number of carboxylic acids is 1. The van der Waals surface area contributed by atoms with Gasteiger partial charge in [0.15, 0.2) is 0 Å². The molecule has 0 fully saturated rings. The second kappa shape index (κ2) is 7.09. The lowest BCUT2D eigenvalue weighted by atomic mass is 9.95. The summed E-state index contributed by atoms with van der Waals surface area (Å²) >= 11 is 0. The van der Waals surface area contributed by atoms with Crippen LogP contribution in [0.15, 0.2) is 24.3 Å². The molecule has 0 unspecified atom stereocenters. The molecule has 0 aromatic carbocycles. The van der Waals surface area contributed by atoms with E-state index in [-0.39, 0.29) is 0 Å². The minimum absolute atomic E-state index is 0.819. The molecular weight excluding hydrogens is 178 g/mol. The molecule has 3 heteroatoms. The zero-order valence-electron chi connectivity index (χ0n) is 8.66. The SMILES string of the molecule is CC(=O)O.CCCN.c1cc2ccc1-2. The first-order chi connectivity index (χ1) is 6.61. The van der Waals surface area contributed by atoms with E-state index in [0.29, 0.717) is 0 Å². The monoisotopic (exact) mass is 195 g/mol. The van der Waals surface area contributed by atoms with Crippen molar-refractivity contribution in [3.63, 3.8) is 0 Å². The van der Waals surface area contributed by atoms with E-state index in [1.165, 1.54) is 11.1 Å². The Morgan fingerprint density at radius 1 is 1.29 bits per heavy atom. The van der Waals surface area contributed by atoms with Crippen molar-refractivity contribution in [2.45, 2.75) is 20.3 Å². The van der Waals surface area contributed by atoms with Gasteiger partial charge in [-0.25, -0.2) is 0 Å². The first-order valence-corrected chi connectivity index (χ1v) is 4.61. The van der Waals surface area contributed by atoms with Crippen LogP contribution in [0.3, 0.4) is 0 Å². The zero-order valence-corrected chi connectivity index (χ0v) is 8.66. The highest BCUT2D eigenvalue weighted by atomic mass is 16.4.